The van der Waals surface area contributed by atoms with Crippen LogP contribution in [-0.2, 0) is 22.6 Å². The fourth-order valence-electron chi connectivity index (χ4n) is 2.60. The zero-order valence-corrected chi connectivity index (χ0v) is 13.1. The second-order valence-electron chi connectivity index (χ2n) is 6.01. The lowest BCUT2D eigenvalue weighted by molar-refractivity contribution is -0.127. The maximum Gasteiger partial charge on any atom is 0.248 e. The van der Waals surface area contributed by atoms with E-state index < -0.39 is 10.8 Å². The molecule has 21 heavy (non-hydrogen) atoms. The van der Waals surface area contributed by atoms with Crippen molar-refractivity contribution in [3.8, 4) is 0 Å². The minimum Gasteiger partial charge on any atom is -0.342 e. The Morgan fingerprint density at radius 2 is 2.33 bits per heavy atom. The molecule has 0 unspecified atom stereocenters. The van der Waals surface area contributed by atoms with Gasteiger partial charge in [-0.15, -0.1) is 11.8 Å². The summed E-state index contributed by atoms with van der Waals surface area (Å²) in [6.07, 6.45) is 4.92. The Hall–Kier alpha value is -1.50. The normalized spacial score (nSPS) is 24.1. The molecule has 0 aliphatic carbocycles. The average molecular weight is 308 g/mol. The number of aromatic nitrogens is 2. The third-order valence-electron chi connectivity index (χ3n) is 4.00. The molecule has 0 aromatic carbocycles. The Bertz CT molecular complexity index is 582. The maximum atomic E-state index is 12.3. The topological polar surface area (TPSA) is 76.0 Å². The number of amides is 2. The van der Waals surface area contributed by atoms with Crippen molar-refractivity contribution in [2.75, 3.05) is 11.1 Å². The number of nitrogens with zero attached hydrogens (tertiary/aromatic N) is 2. The van der Waals surface area contributed by atoms with Crippen LogP contribution in [0, 0.1) is 0 Å². The number of hydrogen-bond donors (Lipinski definition) is 2. The molecule has 2 N–H and O–H groups in total. The first-order valence-corrected chi connectivity index (χ1v) is 8.26. The molecule has 114 valence electrons. The fraction of sp³-hybridized carbons (Fsp3) is 0.643. The Morgan fingerprint density at radius 3 is 3.10 bits per heavy atom. The lowest BCUT2D eigenvalue weighted by atomic mass is 10.1. The molecule has 7 heteroatoms. The van der Waals surface area contributed by atoms with Gasteiger partial charge >= 0.3 is 0 Å². The standard InChI is InChI=1S/C14H20N4O2S/c1-14(2)13(20)16-9(8-21-14)12(19)17-11-7-15-10-5-3-4-6-18(10)11/h7,9H,3-6,8H2,1-2H3,(H,16,20)(H,17,19)/t9-/m0/s1. The molecule has 3 heterocycles. The maximum absolute atomic E-state index is 12.3. The van der Waals surface area contributed by atoms with E-state index in [2.05, 4.69) is 20.2 Å². The van der Waals surface area contributed by atoms with Crippen LogP contribution < -0.4 is 10.6 Å². The Balaban J connectivity index is 1.67. The van der Waals surface area contributed by atoms with Crippen LogP contribution in [0.4, 0.5) is 5.82 Å². The molecule has 2 aliphatic rings. The number of carbonyl (C=O) groups excluding carboxylic acids is 2. The number of imidazole rings is 1. The molecule has 3 rings (SSSR count). The predicted molar refractivity (Wildman–Crippen MR) is 82.3 cm³/mol. The van der Waals surface area contributed by atoms with E-state index in [0.717, 1.165) is 37.4 Å². The predicted octanol–water partition coefficient (Wildman–Crippen LogP) is 1.17. The molecule has 1 aromatic heterocycles. The SMILES string of the molecule is CC1(C)SC[C@@H](C(=O)Nc2cnc3n2CCCC3)NC1=O. The molecule has 2 amide bonds. The number of thioether (sulfide) groups is 1. The van der Waals surface area contributed by atoms with Gasteiger partial charge in [0.2, 0.25) is 11.8 Å². The summed E-state index contributed by atoms with van der Waals surface area (Å²) < 4.78 is 1.59. The summed E-state index contributed by atoms with van der Waals surface area (Å²) in [6, 6.07) is -0.481. The Labute approximate surface area is 128 Å². The summed E-state index contributed by atoms with van der Waals surface area (Å²) >= 11 is 1.51. The van der Waals surface area contributed by atoms with Crippen molar-refractivity contribution in [3.63, 3.8) is 0 Å². The monoisotopic (exact) mass is 308 g/mol. The van der Waals surface area contributed by atoms with Gasteiger partial charge in [-0.05, 0) is 26.7 Å². The van der Waals surface area contributed by atoms with Gasteiger partial charge < -0.3 is 15.2 Å². The molecule has 0 saturated carbocycles. The minimum atomic E-state index is -0.481. The van der Waals surface area contributed by atoms with E-state index in [4.69, 9.17) is 0 Å². The van der Waals surface area contributed by atoms with E-state index in [9.17, 15) is 9.59 Å². The summed E-state index contributed by atoms with van der Waals surface area (Å²) in [5.41, 5.74) is 0. The number of carbonyl (C=O) groups is 2. The number of fused-ring (bicyclic) bond motifs is 1. The van der Waals surface area contributed by atoms with Gasteiger partial charge in [-0.1, -0.05) is 0 Å². The fourth-order valence-corrected chi connectivity index (χ4v) is 3.61. The quantitative estimate of drug-likeness (QED) is 0.860. The lowest BCUT2D eigenvalue weighted by Gasteiger charge is -2.32. The van der Waals surface area contributed by atoms with Crippen LogP contribution >= 0.6 is 11.8 Å². The first kappa shape index (κ1) is 14.4. The largest absolute Gasteiger partial charge is 0.342 e. The molecule has 0 radical (unpaired) electrons. The molecule has 1 fully saturated rings. The third-order valence-corrected chi connectivity index (χ3v) is 5.41. The summed E-state index contributed by atoms with van der Waals surface area (Å²) in [7, 11) is 0. The van der Waals surface area contributed by atoms with Crippen molar-refractivity contribution in [3.05, 3.63) is 12.0 Å². The van der Waals surface area contributed by atoms with Gasteiger partial charge in [-0.25, -0.2) is 4.98 Å². The van der Waals surface area contributed by atoms with Crippen LogP contribution in [0.25, 0.3) is 0 Å². The number of hydrogen-bond acceptors (Lipinski definition) is 4. The van der Waals surface area contributed by atoms with E-state index in [1.807, 2.05) is 13.8 Å². The summed E-state index contributed by atoms with van der Waals surface area (Å²) in [6.45, 7) is 4.63. The van der Waals surface area contributed by atoms with Gasteiger partial charge in [-0.2, -0.15) is 0 Å². The van der Waals surface area contributed by atoms with E-state index in [0.29, 0.717) is 5.75 Å². The van der Waals surface area contributed by atoms with Gasteiger partial charge in [0.25, 0.3) is 0 Å². The van der Waals surface area contributed by atoms with Gasteiger partial charge in [0.05, 0.1) is 10.9 Å². The summed E-state index contributed by atoms with van der Waals surface area (Å²) in [5, 5.41) is 5.70. The van der Waals surface area contributed by atoms with Crippen LogP contribution in [0.3, 0.4) is 0 Å². The highest BCUT2D eigenvalue weighted by molar-refractivity contribution is 8.01. The number of aryl methyl sites for hydroxylation is 1. The second-order valence-corrected chi connectivity index (χ2v) is 7.65. The lowest BCUT2D eigenvalue weighted by Crippen LogP contribution is -2.55. The third kappa shape index (κ3) is 2.79. The van der Waals surface area contributed by atoms with Crippen molar-refractivity contribution in [1.82, 2.24) is 14.9 Å². The smallest absolute Gasteiger partial charge is 0.248 e. The highest BCUT2D eigenvalue weighted by atomic mass is 32.2. The zero-order chi connectivity index (χ0) is 15.0. The van der Waals surface area contributed by atoms with E-state index >= 15 is 0 Å². The first-order valence-electron chi connectivity index (χ1n) is 7.27. The average Bonchev–Trinajstić information content (AvgIpc) is 2.85. The minimum absolute atomic E-state index is 0.0887. The van der Waals surface area contributed by atoms with Gasteiger partial charge in [-0.3, -0.25) is 9.59 Å². The molecule has 2 aliphatic heterocycles. The van der Waals surface area contributed by atoms with E-state index in [1.54, 1.807) is 6.20 Å². The number of rotatable bonds is 2. The Morgan fingerprint density at radius 1 is 1.52 bits per heavy atom. The number of anilines is 1. The van der Waals surface area contributed by atoms with Crippen molar-refractivity contribution in [2.24, 2.45) is 0 Å². The molecule has 1 aromatic rings. The van der Waals surface area contributed by atoms with Gasteiger partial charge in [0, 0.05) is 18.7 Å². The van der Waals surface area contributed by atoms with Gasteiger partial charge in [0.15, 0.2) is 0 Å². The van der Waals surface area contributed by atoms with Crippen molar-refractivity contribution in [1.29, 1.82) is 0 Å². The van der Waals surface area contributed by atoms with Crippen LogP contribution in [0.15, 0.2) is 6.20 Å². The van der Waals surface area contributed by atoms with Crippen molar-refractivity contribution < 1.29 is 9.59 Å². The molecule has 6 nitrogen and oxygen atoms in total. The Kier molecular flexibility index (Phi) is 3.69. The highest BCUT2D eigenvalue weighted by Gasteiger charge is 2.38. The van der Waals surface area contributed by atoms with E-state index in [-0.39, 0.29) is 11.8 Å². The molecule has 0 bridgehead atoms. The van der Waals surface area contributed by atoms with Crippen molar-refractivity contribution in [2.45, 2.75) is 50.4 Å². The van der Waals surface area contributed by atoms with Crippen LogP contribution in [0.2, 0.25) is 0 Å². The van der Waals surface area contributed by atoms with Crippen LogP contribution in [-0.4, -0.2) is 37.9 Å². The van der Waals surface area contributed by atoms with E-state index in [1.165, 1.54) is 11.8 Å². The van der Waals surface area contributed by atoms with Crippen LogP contribution in [0.5, 0.6) is 0 Å². The first-order chi connectivity index (χ1) is 9.97. The van der Waals surface area contributed by atoms with Crippen molar-refractivity contribution >= 4 is 29.4 Å². The molecule has 0 spiro atoms. The summed E-state index contributed by atoms with van der Waals surface area (Å²) in [5.74, 6) is 2.10. The van der Waals surface area contributed by atoms with Crippen LogP contribution in [0.1, 0.15) is 32.5 Å². The van der Waals surface area contributed by atoms with Gasteiger partial charge in [0.1, 0.15) is 17.7 Å². The highest BCUT2D eigenvalue weighted by Crippen LogP contribution is 2.29. The number of nitrogens with one attached hydrogen (secondary N) is 2. The zero-order valence-electron chi connectivity index (χ0n) is 12.3. The molecular formula is C14H20N4O2S. The second kappa shape index (κ2) is 5.36. The summed E-state index contributed by atoms with van der Waals surface area (Å²) in [4.78, 5) is 28.6. The molecule has 1 saturated heterocycles. The molecular weight excluding hydrogens is 288 g/mol. The molecule has 1 atom stereocenters.